The van der Waals surface area contributed by atoms with Crippen LogP contribution >= 0.6 is 0 Å². The molecule has 2 N–H and O–H groups in total. The van der Waals surface area contributed by atoms with Gasteiger partial charge in [0.1, 0.15) is 0 Å². The zero-order chi connectivity index (χ0) is 21.4. The van der Waals surface area contributed by atoms with Gasteiger partial charge in [-0.15, -0.1) is 0 Å². The van der Waals surface area contributed by atoms with Gasteiger partial charge in [-0.3, -0.25) is 9.59 Å². The number of carbonyl (C=O) groups is 2. The highest BCUT2D eigenvalue weighted by Crippen LogP contribution is 2.38. The van der Waals surface area contributed by atoms with E-state index in [-0.39, 0.29) is 5.56 Å². The van der Waals surface area contributed by atoms with E-state index in [0.717, 1.165) is 24.4 Å². The van der Waals surface area contributed by atoms with Crippen molar-refractivity contribution in [3.8, 4) is 0 Å². The SMILES string of the molecule is Cc1ccc(NC(=O)C(F)(F)C(F)(F)F)cc1NC(=O)C(F)(F)C(F)(F)F. The molecule has 27 heavy (non-hydrogen) atoms. The van der Waals surface area contributed by atoms with Gasteiger partial charge in [0.25, 0.3) is 0 Å². The van der Waals surface area contributed by atoms with Crippen molar-refractivity contribution in [3.63, 3.8) is 0 Å². The number of carbonyl (C=O) groups excluding carboxylic acids is 2. The molecule has 0 spiro atoms. The number of hydrogen-bond acceptors (Lipinski definition) is 2. The second kappa shape index (κ2) is 6.88. The van der Waals surface area contributed by atoms with Gasteiger partial charge in [0.2, 0.25) is 0 Å². The number of halogens is 10. The van der Waals surface area contributed by atoms with Crippen LogP contribution in [0.2, 0.25) is 0 Å². The van der Waals surface area contributed by atoms with Crippen LogP contribution in [0.4, 0.5) is 55.3 Å². The first kappa shape index (κ1) is 22.5. The minimum absolute atomic E-state index is 0.151. The molecule has 0 saturated heterocycles. The fraction of sp³-hybridized carbons (Fsp3) is 0.385. The van der Waals surface area contributed by atoms with Crippen molar-refractivity contribution in [2.45, 2.75) is 31.1 Å². The summed E-state index contributed by atoms with van der Waals surface area (Å²) in [5, 5.41) is 2.30. The predicted molar refractivity (Wildman–Crippen MR) is 70.4 cm³/mol. The van der Waals surface area contributed by atoms with Crippen molar-refractivity contribution >= 4 is 23.2 Å². The van der Waals surface area contributed by atoms with Gasteiger partial charge in [-0.05, 0) is 24.6 Å². The van der Waals surface area contributed by atoms with E-state index in [1.165, 1.54) is 5.32 Å². The number of hydrogen-bond donors (Lipinski definition) is 2. The Labute approximate surface area is 143 Å². The van der Waals surface area contributed by atoms with Gasteiger partial charge in [0.15, 0.2) is 0 Å². The normalized spacial score (nSPS) is 13.3. The average molecular weight is 414 g/mol. The summed E-state index contributed by atoms with van der Waals surface area (Å²) in [4.78, 5) is 22.2. The molecule has 0 fully saturated rings. The van der Waals surface area contributed by atoms with E-state index in [4.69, 9.17) is 0 Å². The number of nitrogens with one attached hydrogen (secondary N) is 2. The quantitative estimate of drug-likeness (QED) is 0.724. The third-order valence-electron chi connectivity index (χ3n) is 3.03. The van der Waals surface area contributed by atoms with Crippen molar-refractivity contribution in [3.05, 3.63) is 23.8 Å². The van der Waals surface area contributed by atoms with Crippen LogP contribution < -0.4 is 10.6 Å². The van der Waals surface area contributed by atoms with Crippen LogP contribution in [-0.2, 0) is 9.59 Å². The highest BCUT2D eigenvalue weighted by Gasteiger charge is 2.64. The van der Waals surface area contributed by atoms with Crippen molar-refractivity contribution in [2.24, 2.45) is 0 Å². The molecule has 14 heteroatoms. The highest BCUT2D eigenvalue weighted by molar-refractivity contribution is 6.00. The van der Waals surface area contributed by atoms with Crippen LogP contribution in [0.15, 0.2) is 18.2 Å². The number of aryl methyl sites for hydroxylation is 1. The molecule has 0 heterocycles. The Morgan fingerprint density at radius 3 is 1.56 bits per heavy atom. The summed E-state index contributed by atoms with van der Waals surface area (Å²) in [5.74, 6) is -17.2. The molecule has 0 bridgehead atoms. The summed E-state index contributed by atoms with van der Waals surface area (Å²) in [5.41, 5.74) is -1.75. The molecule has 0 unspecified atom stereocenters. The molecule has 0 atom stereocenters. The number of anilines is 2. The lowest BCUT2D eigenvalue weighted by Gasteiger charge is -2.20. The van der Waals surface area contributed by atoms with Gasteiger partial charge in [0.05, 0.1) is 0 Å². The minimum Gasteiger partial charge on any atom is -0.320 e. The summed E-state index contributed by atoms with van der Waals surface area (Å²) in [6.07, 6.45) is -12.5. The summed E-state index contributed by atoms with van der Waals surface area (Å²) in [7, 11) is 0. The molecular weight excluding hydrogens is 406 g/mol. The average Bonchev–Trinajstić information content (AvgIpc) is 2.48. The topological polar surface area (TPSA) is 58.2 Å². The molecule has 0 saturated carbocycles. The Balaban J connectivity index is 3.09. The summed E-state index contributed by atoms with van der Waals surface area (Å²) < 4.78 is 124. The summed E-state index contributed by atoms with van der Waals surface area (Å²) in [6.45, 7) is 1.09. The van der Waals surface area contributed by atoms with E-state index in [2.05, 4.69) is 0 Å². The smallest absolute Gasteiger partial charge is 0.320 e. The molecule has 0 aliphatic heterocycles. The van der Waals surface area contributed by atoms with Crippen LogP contribution in [0.5, 0.6) is 0 Å². The van der Waals surface area contributed by atoms with E-state index < -0.39 is 47.4 Å². The zero-order valence-corrected chi connectivity index (χ0v) is 12.8. The first-order valence-corrected chi connectivity index (χ1v) is 6.54. The van der Waals surface area contributed by atoms with Gasteiger partial charge in [-0.25, -0.2) is 0 Å². The molecule has 4 nitrogen and oxygen atoms in total. The Kier molecular flexibility index (Phi) is 5.74. The third-order valence-corrected chi connectivity index (χ3v) is 3.03. The monoisotopic (exact) mass is 414 g/mol. The minimum atomic E-state index is -6.23. The van der Waals surface area contributed by atoms with Crippen LogP contribution in [-0.4, -0.2) is 36.0 Å². The molecule has 0 aliphatic rings. The van der Waals surface area contributed by atoms with Crippen LogP contribution in [0, 0.1) is 6.92 Å². The van der Waals surface area contributed by atoms with Crippen LogP contribution in [0.3, 0.4) is 0 Å². The zero-order valence-electron chi connectivity index (χ0n) is 12.8. The lowest BCUT2D eigenvalue weighted by Crippen LogP contribution is -2.47. The lowest BCUT2D eigenvalue weighted by atomic mass is 10.1. The Bertz CT molecular complexity index is 740. The lowest BCUT2D eigenvalue weighted by molar-refractivity contribution is -0.267. The first-order chi connectivity index (χ1) is 11.9. The summed E-state index contributed by atoms with van der Waals surface area (Å²) >= 11 is 0. The van der Waals surface area contributed by atoms with E-state index in [0.29, 0.717) is 6.07 Å². The molecule has 0 aromatic heterocycles. The number of rotatable bonds is 4. The van der Waals surface area contributed by atoms with Crippen molar-refractivity contribution < 1.29 is 53.5 Å². The van der Waals surface area contributed by atoms with Crippen molar-refractivity contribution in [1.82, 2.24) is 0 Å². The van der Waals surface area contributed by atoms with Gasteiger partial charge in [-0.2, -0.15) is 43.9 Å². The van der Waals surface area contributed by atoms with E-state index in [1.807, 2.05) is 0 Å². The van der Waals surface area contributed by atoms with Gasteiger partial charge < -0.3 is 10.6 Å². The molecule has 0 radical (unpaired) electrons. The molecular formula is C13H8F10N2O2. The third kappa shape index (κ3) is 4.60. The molecule has 152 valence electrons. The van der Waals surface area contributed by atoms with Gasteiger partial charge in [0, 0.05) is 11.4 Å². The largest absolute Gasteiger partial charge is 0.463 e. The van der Waals surface area contributed by atoms with Crippen LogP contribution in [0.25, 0.3) is 0 Å². The molecule has 1 aromatic carbocycles. The Morgan fingerprint density at radius 1 is 0.741 bits per heavy atom. The number of benzene rings is 1. The standard InChI is InChI=1S/C13H8F10N2O2/c1-5-2-3-6(24-8(26)10(14,15)12(18,19)20)4-7(5)25-9(27)11(16,17)13(21,22)23/h2-4H,1H3,(H,24,26)(H,25,27). The fourth-order valence-electron chi connectivity index (χ4n) is 1.50. The van der Waals surface area contributed by atoms with Crippen molar-refractivity contribution in [2.75, 3.05) is 10.6 Å². The Hall–Kier alpha value is -2.54. The molecule has 1 aromatic rings. The van der Waals surface area contributed by atoms with E-state index in [1.54, 1.807) is 0 Å². The molecule has 2 amide bonds. The highest BCUT2D eigenvalue weighted by atomic mass is 19.4. The maximum atomic E-state index is 12.9. The van der Waals surface area contributed by atoms with Gasteiger partial charge in [-0.1, -0.05) is 6.07 Å². The summed E-state index contributed by atoms with van der Waals surface area (Å²) in [6, 6.07) is 2.06. The number of alkyl halides is 10. The second-order valence-corrected chi connectivity index (χ2v) is 5.08. The van der Waals surface area contributed by atoms with E-state index >= 15 is 0 Å². The molecule has 0 aliphatic carbocycles. The number of amides is 2. The second-order valence-electron chi connectivity index (χ2n) is 5.08. The van der Waals surface area contributed by atoms with Crippen LogP contribution in [0.1, 0.15) is 5.56 Å². The van der Waals surface area contributed by atoms with E-state index in [9.17, 15) is 53.5 Å². The van der Waals surface area contributed by atoms with Gasteiger partial charge >= 0.3 is 36.0 Å². The maximum Gasteiger partial charge on any atom is 0.463 e. The predicted octanol–water partition coefficient (Wildman–Crippen LogP) is 4.27. The first-order valence-electron chi connectivity index (χ1n) is 6.54. The molecule has 1 rings (SSSR count). The van der Waals surface area contributed by atoms with Crippen molar-refractivity contribution in [1.29, 1.82) is 0 Å². The maximum absolute atomic E-state index is 12.9. The fourth-order valence-corrected chi connectivity index (χ4v) is 1.50. The Morgan fingerprint density at radius 2 is 1.15 bits per heavy atom.